The Labute approximate surface area is 103 Å². The number of hydrogen-bond donors (Lipinski definition) is 0. The maximum absolute atomic E-state index is 2.59. The largest absolute Gasteiger partial charge is 0.224 e. The van der Waals surface area contributed by atoms with E-state index in [9.17, 15) is 0 Å². The number of fused-ring (bicyclic) bond motifs is 3. The predicted octanol–water partition coefficient (Wildman–Crippen LogP) is 3.15. The molecule has 0 aromatic heterocycles. The molecule has 0 radical (unpaired) electrons. The second kappa shape index (κ2) is 3.56. The average Bonchev–Trinajstić information content (AvgIpc) is 2.77. The quantitative estimate of drug-likeness (QED) is 0.556. The summed E-state index contributed by atoms with van der Waals surface area (Å²) in [5.74, 6) is 0. The van der Waals surface area contributed by atoms with Gasteiger partial charge in [0.15, 0.2) is 6.54 Å². The first kappa shape index (κ1) is 9.64. The van der Waals surface area contributed by atoms with Gasteiger partial charge in [0.1, 0.15) is 6.54 Å². The Balaban J connectivity index is 1.87. The molecule has 2 heterocycles. The van der Waals surface area contributed by atoms with Gasteiger partial charge in [0.05, 0.1) is 5.57 Å². The summed E-state index contributed by atoms with van der Waals surface area (Å²) in [5.41, 5.74) is 7.94. The first-order valence-corrected chi connectivity index (χ1v) is 6.84. The Morgan fingerprint density at radius 1 is 1.00 bits per heavy atom. The summed E-state index contributed by atoms with van der Waals surface area (Å²) in [6.45, 7) is 2.39. The molecule has 0 N–H and O–H groups in total. The third-order valence-corrected chi connectivity index (χ3v) is 4.40. The molecule has 0 atom stereocenters. The fourth-order valence-corrected chi connectivity index (χ4v) is 3.57. The lowest BCUT2D eigenvalue weighted by Crippen LogP contribution is -2.25. The Hall–Kier alpha value is -1.37. The predicted molar refractivity (Wildman–Crippen MR) is 70.4 cm³/mol. The summed E-state index contributed by atoms with van der Waals surface area (Å²) in [4.78, 5) is 0. The standard InChI is InChI=1S/C16H18N/c1-3-7-14-12(5-1)9-10-17-11-13-6-2-4-8-15(13)16(14)17/h3,6-8H,1-2,4-5,9-11H2/q+1. The van der Waals surface area contributed by atoms with Gasteiger partial charge < -0.3 is 0 Å². The lowest BCUT2D eigenvalue weighted by molar-refractivity contribution is -0.514. The molecule has 0 aromatic carbocycles. The van der Waals surface area contributed by atoms with Gasteiger partial charge in [-0.15, -0.1) is 0 Å². The molecule has 0 aromatic rings. The van der Waals surface area contributed by atoms with Gasteiger partial charge in [-0.3, -0.25) is 0 Å². The van der Waals surface area contributed by atoms with E-state index < -0.39 is 0 Å². The smallest absolute Gasteiger partial charge is 0.214 e. The van der Waals surface area contributed by atoms with Gasteiger partial charge in [-0.25, -0.2) is 4.58 Å². The second-order valence-electron chi connectivity index (χ2n) is 5.40. The zero-order valence-electron chi connectivity index (χ0n) is 10.2. The van der Waals surface area contributed by atoms with E-state index in [-0.39, 0.29) is 0 Å². The monoisotopic (exact) mass is 224 g/mol. The van der Waals surface area contributed by atoms with Crippen molar-refractivity contribution in [3.05, 3.63) is 46.6 Å². The highest BCUT2D eigenvalue weighted by atomic mass is 15.0. The van der Waals surface area contributed by atoms with Crippen LogP contribution in [0.15, 0.2) is 46.6 Å². The van der Waals surface area contributed by atoms with Crippen molar-refractivity contribution in [1.82, 2.24) is 0 Å². The summed E-state index contributed by atoms with van der Waals surface area (Å²) in [6, 6.07) is 0. The van der Waals surface area contributed by atoms with Crippen molar-refractivity contribution in [2.75, 3.05) is 13.1 Å². The van der Waals surface area contributed by atoms with Crippen LogP contribution in [0.1, 0.15) is 32.1 Å². The topological polar surface area (TPSA) is 3.01 Å². The van der Waals surface area contributed by atoms with E-state index in [1.807, 2.05) is 0 Å². The van der Waals surface area contributed by atoms with Crippen LogP contribution in [0.2, 0.25) is 0 Å². The second-order valence-corrected chi connectivity index (χ2v) is 5.40. The third-order valence-electron chi connectivity index (χ3n) is 4.40. The molecular formula is C16H18N+. The van der Waals surface area contributed by atoms with Crippen LogP contribution in [0.25, 0.3) is 0 Å². The van der Waals surface area contributed by atoms with Crippen LogP contribution in [0.5, 0.6) is 0 Å². The molecule has 0 bridgehead atoms. The molecule has 2 aliphatic carbocycles. The molecule has 0 saturated carbocycles. The zero-order valence-corrected chi connectivity index (χ0v) is 10.2. The Morgan fingerprint density at radius 2 is 1.94 bits per heavy atom. The van der Waals surface area contributed by atoms with Crippen LogP contribution in [0.4, 0.5) is 0 Å². The van der Waals surface area contributed by atoms with Crippen molar-refractivity contribution in [2.24, 2.45) is 0 Å². The van der Waals surface area contributed by atoms with E-state index in [0.717, 1.165) is 6.54 Å². The summed E-state index contributed by atoms with van der Waals surface area (Å²) in [6.07, 6.45) is 15.9. The minimum Gasteiger partial charge on any atom is -0.224 e. The molecule has 1 heteroatoms. The number of hydrogen-bond acceptors (Lipinski definition) is 0. The molecule has 2 aliphatic heterocycles. The summed E-state index contributed by atoms with van der Waals surface area (Å²) in [5, 5.41) is 0. The van der Waals surface area contributed by atoms with E-state index in [1.54, 1.807) is 28.0 Å². The molecule has 4 rings (SSSR count). The Bertz CT molecular complexity index is 538. The van der Waals surface area contributed by atoms with Crippen molar-refractivity contribution in [3.63, 3.8) is 0 Å². The molecule has 0 spiro atoms. The average molecular weight is 224 g/mol. The Morgan fingerprint density at radius 3 is 2.94 bits per heavy atom. The van der Waals surface area contributed by atoms with Gasteiger partial charge in [0.2, 0.25) is 5.71 Å². The van der Waals surface area contributed by atoms with E-state index in [4.69, 9.17) is 0 Å². The minimum absolute atomic E-state index is 1.16. The molecule has 86 valence electrons. The SMILES string of the molecule is C1=CC2=C(CC1)CC[N+]1=C2C2=CCCC=C2C1. The summed E-state index contributed by atoms with van der Waals surface area (Å²) in [7, 11) is 0. The fraction of sp³-hybridized carbons (Fsp3) is 0.438. The maximum atomic E-state index is 2.59. The normalized spacial score (nSPS) is 26.4. The van der Waals surface area contributed by atoms with E-state index in [0.29, 0.717) is 0 Å². The maximum Gasteiger partial charge on any atom is 0.214 e. The highest BCUT2D eigenvalue weighted by Gasteiger charge is 2.38. The highest BCUT2D eigenvalue weighted by Crippen LogP contribution is 2.35. The lowest BCUT2D eigenvalue weighted by Gasteiger charge is -2.19. The van der Waals surface area contributed by atoms with Crippen LogP contribution in [0.3, 0.4) is 0 Å². The molecule has 1 nitrogen and oxygen atoms in total. The first-order valence-electron chi connectivity index (χ1n) is 6.84. The van der Waals surface area contributed by atoms with Crippen molar-refractivity contribution < 1.29 is 4.58 Å². The molecular weight excluding hydrogens is 206 g/mol. The van der Waals surface area contributed by atoms with Crippen LogP contribution in [-0.4, -0.2) is 23.4 Å². The van der Waals surface area contributed by atoms with E-state index in [1.165, 1.54) is 38.6 Å². The molecule has 0 unspecified atom stereocenters. The molecule has 4 aliphatic rings. The number of rotatable bonds is 0. The van der Waals surface area contributed by atoms with Crippen molar-refractivity contribution in [2.45, 2.75) is 32.1 Å². The molecule has 17 heavy (non-hydrogen) atoms. The first-order chi connectivity index (χ1) is 8.43. The van der Waals surface area contributed by atoms with Crippen molar-refractivity contribution in [3.8, 4) is 0 Å². The van der Waals surface area contributed by atoms with Gasteiger partial charge in [-0.2, -0.15) is 0 Å². The van der Waals surface area contributed by atoms with Gasteiger partial charge in [-0.05, 0) is 31.3 Å². The van der Waals surface area contributed by atoms with Crippen LogP contribution < -0.4 is 0 Å². The number of allylic oxidation sites excluding steroid dienone is 5. The molecule has 0 amide bonds. The minimum atomic E-state index is 1.16. The lowest BCUT2D eigenvalue weighted by atomic mass is 9.85. The van der Waals surface area contributed by atoms with Crippen LogP contribution in [0, 0.1) is 0 Å². The van der Waals surface area contributed by atoms with Crippen molar-refractivity contribution >= 4 is 5.71 Å². The van der Waals surface area contributed by atoms with Crippen molar-refractivity contribution in [1.29, 1.82) is 0 Å². The highest BCUT2D eigenvalue weighted by molar-refractivity contribution is 6.15. The van der Waals surface area contributed by atoms with Gasteiger partial charge in [0.25, 0.3) is 0 Å². The number of nitrogens with zero attached hydrogens (tertiary/aromatic N) is 1. The molecule has 0 fully saturated rings. The summed E-state index contributed by atoms with van der Waals surface area (Å²) >= 11 is 0. The molecule has 0 saturated heterocycles. The van der Waals surface area contributed by atoms with Gasteiger partial charge in [0, 0.05) is 17.6 Å². The third kappa shape index (κ3) is 1.35. The van der Waals surface area contributed by atoms with Gasteiger partial charge >= 0.3 is 0 Å². The fourth-order valence-electron chi connectivity index (χ4n) is 3.57. The zero-order chi connectivity index (χ0) is 11.2. The van der Waals surface area contributed by atoms with Crippen LogP contribution >= 0.6 is 0 Å². The van der Waals surface area contributed by atoms with Crippen LogP contribution in [-0.2, 0) is 0 Å². The van der Waals surface area contributed by atoms with Gasteiger partial charge in [-0.1, -0.05) is 24.3 Å². The Kier molecular flexibility index (Phi) is 2.02. The van der Waals surface area contributed by atoms with E-state index >= 15 is 0 Å². The summed E-state index contributed by atoms with van der Waals surface area (Å²) < 4.78 is 2.59. The van der Waals surface area contributed by atoms with E-state index in [2.05, 4.69) is 28.9 Å².